The number of aryl methyl sites for hydroxylation is 1. The molecule has 2 rings (SSSR count). The Kier molecular flexibility index (Phi) is 4.69. The van der Waals surface area contributed by atoms with Crippen molar-refractivity contribution in [3.63, 3.8) is 0 Å². The van der Waals surface area contributed by atoms with Crippen LogP contribution in [-0.4, -0.2) is 34.4 Å². The lowest BCUT2D eigenvalue weighted by molar-refractivity contribution is 0.0920. The van der Waals surface area contributed by atoms with Crippen LogP contribution in [0, 0.1) is 19.8 Å². The number of hydrogen-bond donors (Lipinski definition) is 0. The lowest BCUT2D eigenvalue weighted by Gasteiger charge is -2.22. The van der Waals surface area contributed by atoms with Gasteiger partial charge in [-0.25, -0.2) is 0 Å². The Morgan fingerprint density at radius 3 is 2.50 bits per heavy atom. The number of ketones is 1. The predicted octanol–water partition coefficient (Wildman–Crippen LogP) is 3.34. The monoisotopic (exact) mass is 276 g/mol. The lowest BCUT2D eigenvalue weighted by Crippen LogP contribution is -2.33. The molecule has 1 saturated carbocycles. The standard InChI is InChI=1S/C17H28N2O/c1-12(2)8-9-19(15-6-7-15)11-17(20)16-10-13(3)18(5)14(16)4/h10,12,15H,6-9,11H2,1-5H3. The molecule has 1 aromatic heterocycles. The average molecular weight is 276 g/mol. The largest absolute Gasteiger partial charge is 0.351 e. The first-order valence-electron chi connectivity index (χ1n) is 7.80. The molecule has 1 aliphatic rings. The normalized spacial score (nSPS) is 15.3. The molecule has 0 radical (unpaired) electrons. The second kappa shape index (κ2) is 6.13. The Labute approximate surface area is 123 Å². The molecule has 0 bridgehead atoms. The van der Waals surface area contributed by atoms with E-state index in [1.54, 1.807) is 0 Å². The minimum atomic E-state index is 0.279. The van der Waals surface area contributed by atoms with Crippen molar-refractivity contribution < 1.29 is 4.79 Å². The first-order chi connectivity index (χ1) is 9.40. The van der Waals surface area contributed by atoms with Gasteiger partial charge in [0.25, 0.3) is 0 Å². The van der Waals surface area contributed by atoms with Gasteiger partial charge in [0.05, 0.1) is 6.54 Å². The van der Waals surface area contributed by atoms with Crippen molar-refractivity contribution in [3.05, 3.63) is 23.0 Å². The second-order valence-corrected chi connectivity index (χ2v) is 6.65. The number of nitrogens with zero attached hydrogens (tertiary/aromatic N) is 2. The van der Waals surface area contributed by atoms with Crippen LogP contribution in [0.5, 0.6) is 0 Å². The molecular weight excluding hydrogens is 248 g/mol. The molecule has 0 aliphatic heterocycles. The van der Waals surface area contributed by atoms with Gasteiger partial charge in [-0.2, -0.15) is 0 Å². The molecule has 0 atom stereocenters. The number of carbonyl (C=O) groups is 1. The minimum absolute atomic E-state index is 0.279. The minimum Gasteiger partial charge on any atom is -0.351 e. The zero-order valence-corrected chi connectivity index (χ0v) is 13.6. The highest BCUT2D eigenvalue weighted by Gasteiger charge is 2.30. The molecule has 0 amide bonds. The van der Waals surface area contributed by atoms with Crippen LogP contribution in [0.4, 0.5) is 0 Å². The second-order valence-electron chi connectivity index (χ2n) is 6.65. The number of hydrogen-bond acceptors (Lipinski definition) is 2. The Hall–Kier alpha value is -1.09. The summed E-state index contributed by atoms with van der Waals surface area (Å²) in [5.41, 5.74) is 3.15. The van der Waals surface area contributed by atoms with E-state index >= 15 is 0 Å². The van der Waals surface area contributed by atoms with E-state index in [4.69, 9.17) is 0 Å². The van der Waals surface area contributed by atoms with E-state index in [2.05, 4.69) is 30.2 Å². The molecule has 1 aromatic rings. The summed E-state index contributed by atoms with van der Waals surface area (Å²) in [7, 11) is 2.03. The first kappa shape index (κ1) is 15.3. The molecule has 0 unspecified atom stereocenters. The summed E-state index contributed by atoms with van der Waals surface area (Å²) < 4.78 is 2.10. The van der Waals surface area contributed by atoms with Crippen LogP contribution >= 0.6 is 0 Å². The van der Waals surface area contributed by atoms with Gasteiger partial charge in [0.1, 0.15) is 0 Å². The maximum absolute atomic E-state index is 12.6. The van der Waals surface area contributed by atoms with E-state index in [0.717, 1.165) is 23.5 Å². The van der Waals surface area contributed by atoms with Gasteiger partial charge >= 0.3 is 0 Å². The lowest BCUT2D eigenvalue weighted by atomic mass is 10.1. The number of rotatable bonds is 7. The quantitative estimate of drug-likeness (QED) is 0.714. The molecule has 112 valence electrons. The third-order valence-corrected chi connectivity index (χ3v) is 4.48. The molecule has 1 fully saturated rings. The fourth-order valence-corrected chi connectivity index (χ4v) is 2.66. The zero-order chi connectivity index (χ0) is 14.9. The van der Waals surface area contributed by atoms with Gasteiger partial charge in [-0.05, 0) is 51.6 Å². The topological polar surface area (TPSA) is 25.2 Å². The summed E-state index contributed by atoms with van der Waals surface area (Å²) in [4.78, 5) is 15.0. The van der Waals surface area contributed by atoms with Crippen molar-refractivity contribution in [1.82, 2.24) is 9.47 Å². The summed E-state index contributed by atoms with van der Waals surface area (Å²) in [6.07, 6.45) is 3.70. The third kappa shape index (κ3) is 3.51. The summed E-state index contributed by atoms with van der Waals surface area (Å²) in [6.45, 7) is 10.2. The maximum atomic E-state index is 12.6. The molecule has 3 nitrogen and oxygen atoms in total. The van der Waals surface area contributed by atoms with E-state index < -0.39 is 0 Å². The summed E-state index contributed by atoms with van der Waals surface area (Å²) >= 11 is 0. The van der Waals surface area contributed by atoms with Crippen molar-refractivity contribution in [3.8, 4) is 0 Å². The van der Waals surface area contributed by atoms with Crippen LogP contribution in [0.15, 0.2) is 6.07 Å². The summed E-state index contributed by atoms with van der Waals surface area (Å²) in [6, 6.07) is 2.69. The van der Waals surface area contributed by atoms with Crippen LogP contribution in [0.1, 0.15) is 54.9 Å². The van der Waals surface area contributed by atoms with Gasteiger partial charge in [-0.1, -0.05) is 13.8 Å². The van der Waals surface area contributed by atoms with Crippen LogP contribution in [0.25, 0.3) is 0 Å². The molecule has 1 heterocycles. The summed E-state index contributed by atoms with van der Waals surface area (Å²) in [5.74, 6) is 0.980. The van der Waals surface area contributed by atoms with Gasteiger partial charge in [-0.15, -0.1) is 0 Å². The molecular formula is C17H28N2O. The van der Waals surface area contributed by atoms with E-state index in [-0.39, 0.29) is 5.78 Å². The Morgan fingerprint density at radius 1 is 1.40 bits per heavy atom. The predicted molar refractivity (Wildman–Crippen MR) is 83.3 cm³/mol. The average Bonchev–Trinajstić information content (AvgIpc) is 3.18. The number of aromatic nitrogens is 1. The highest BCUT2D eigenvalue weighted by atomic mass is 16.1. The van der Waals surface area contributed by atoms with Crippen molar-refractivity contribution in [1.29, 1.82) is 0 Å². The molecule has 0 N–H and O–H groups in total. The van der Waals surface area contributed by atoms with Crippen molar-refractivity contribution >= 4 is 5.78 Å². The van der Waals surface area contributed by atoms with Gasteiger partial charge < -0.3 is 4.57 Å². The van der Waals surface area contributed by atoms with Gasteiger partial charge in [-0.3, -0.25) is 9.69 Å². The van der Waals surface area contributed by atoms with E-state index in [9.17, 15) is 4.79 Å². The molecule has 0 aromatic carbocycles. The SMILES string of the molecule is Cc1cc(C(=O)CN(CCC(C)C)C2CC2)c(C)n1C. The highest BCUT2D eigenvalue weighted by molar-refractivity contribution is 5.99. The number of carbonyl (C=O) groups excluding carboxylic acids is 1. The summed E-state index contributed by atoms with van der Waals surface area (Å²) in [5, 5.41) is 0. The smallest absolute Gasteiger partial charge is 0.178 e. The van der Waals surface area contributed by atoms with Crippen molar-refractivity contribution in [2.75, 3.05) is 13.1 Å². The molecule has 0 spiro atoms. The van der Waals surface area contributed by atoms with Crippen LogP contribution in [0.3, 0.4) is 0 Å². The first-order valence-corrected chi connectivity index (χ1v) is 7.80. The molecule has 20 heavy (non-hydrogen) atoms. The third-order valence-electron chi connectivity index (χ3n) is 4.48. The maximum Gasteiger partial charge on any atom is 0.178 e. The molecule has 3 heteroatoms. The Balaban J connectivity index is 2.02. The van der Waals surface area contributed by atoms with Gasteiger partial charge in [0.2, 0.25) is 0 Å². The highest BCUT2D eigenvalue weighted by Crippen LogP contribution is 2.28. The zero-order valence-electron chi connectivity index (χ0n) is 13.6. The van der Waals surface area contributed by atoms with Gasteiger partial charge in [0, 0.05) is 30.0 Å². The van der Waals surface area contributed by atoms with Gasteiger partial charge in [0.15, 0.2) is 5.78 Å². The number of Topliss-reactive ketones (excluding diaryl/α,β-unsaturated/α-hetero) is 1. The Bertz CT molecular complexity index is 483. The van der Waals surface area contributed by atoms with Crippen molar-refractivity contribution in [2.45, 2.75) is 53.0 Å². The van der Waals surface area contributed by atoms with Crippen LogP contribution < -0.4 is 0 Å². The molecule has 1 aliphatic carbocycles. The van der Waals surface area contributed by atoms with Crippen LogP contribution in [0.2, 0.25) is 0 Å². The Morgan fingerprint density at radius 2 is 2.05 bits per heavy atom. The van der Waals surface area contributed by atoms with E-state index in [1.807, 2.05) is 20.0 Å². The van der Waals surface area contributed by atoms with E-state index in [1.165, 1.54) is 19.3 Å². The van der Waals surface area contributed by atoms with Crippen LogP contribution in [-0.2, 0) is 7.05 Å². The fraction of sp³-hybridized carbons (Fsp3) is 0.706. The van der Waals surface area contributed by atoms with Crippen molar-refractivity contribution in [2.24, 2.45) is 13.0 Å². The molecule has 0 saturated heterocycles. The van der Waals surface area contributed by atoms with E-state index in [0.29, 0.717) is 18.5 Å². The fourth-order valence-electron chi connectivity index (χ4n) is 2.66.